The number of benzene rings is 2. The van der Waals surface area contributed by atoms with E-state index < -0.39 is 0 Å². The lowest BCUT2D eigenvalue weighted by Gasteiger charge is -2.21. The topological polar surface area (TPSA) is 73.1 Å². The van der Waals surface area contributed by atoms with Gasteiger partial charge < -0.3 is 20.5 Å². The van der Waals surface area contributed by atoms with Crippen LogP contribution in [0.3, 0.4) is 0 Å². The molecule has 7 heteroatoms. The third kappa shape index (κ3) is 4.17. The van der Waals surface area contributed by atoms with Crippen LogP contribution in [-0.2, 0) is 11.3 Å². The molecule has 172 valence electrons. The quantitative estimate of drug-likeness (QED) is 0.444. The van der Waals surface area contributed by atoms with E-state index in [0.717, 1.165) is 47.7 Å². The smallest absolute Gasteiger partial charge is 0.223 e. The number of fused-ring (bicyclic) bond motifs is 3. The molecule has 3 atom stereocenters. The number of halogens is 1. The third-order valence-corrected chi connectivity index (χ3v) is 8.09. The van der Waals surface area contributed by atoms with Gasteiger partial charge in [-0.15, -0.1) is 0 Å². The van der Waals surface area contributed by atoms with E-state index in [2.05, 4.69) is 43.7 Å². The minimum Gasteiger partial charge on any atom is -0.371 e. The number of hydrogen-bond donors (Lipinski definition) is 3. The van der Waals surface area contributed by atoms with Gasteiger partial charge in [0.15, 0.2) is 0 Å². The molecule has 6 rings (SSSR count). The number of carbonyl (C=O) groups excluding carboxylic acids is 1. The Kier molecular flexibility index (Phi) is 5.41. The monoisotopic (exact) mass is 463 g/mol. The van der Waals surface area contributed by atoms with Gasteiger partial charge in [-0.2, -0.15) is 0 Å². The summed E-state index contributed by atoms with van der Waals surface area (Å²) in [6, 6.07) is 12.2. The molecule has 3 aromatic rings. The molecule has 2 saturated carbocycles. The van der Waals surface area contributed by atoms with Gasteiger partial charge in [0.1, 0.15) is 0 Å². The number of H-pyrrole nitrogens is 1. The Hall–Kier alpha value is -2.73. The van der Waals surface area contributed by atoms with Gasteiger partial charge in [-0.3, -0.25) is 4.79 Å². The van der Waals surface area contributed by atoms with Crippen LogP contribution in [0.15, 0.2) is 36.4 Å². The van der Waals surface area contributed by atoms with Crippen LogP contribution in [-0.4, -0.2) is 29.0 Å². The van der Waals surface area contributed by atoms with Crippen molar-refractivity contribution in [3.8, 4) is 0 Å². The van der Waals surface area contributed by atoms with Gasteiger partial charge >= 0.3 is 0 Å². The second-order valence-electron chi connectivity index (χ2n) is 9.92. The van der Waals surface area contributed by atoms with Gasteiger partial charge in [-0.1, -0.05) is 24.1 Å². The van der Waals surface area contributed by atoms with Gasteiger partial charge in [0.25, 0.3) is 0 Å². The maximum Gasteiger partial charge on any atom is 0.223 e. The average Bonchev–Trinajstić information content (AvgIpc) is 3.63. The molecule has 3 aliphatic rings. The van der Waals surface area contributed by atoms with E-state index in [-0.39, 0.29) is 11.8 Å². The Morgan fingerprint density at radius 3 is 2.79 bits per heavy atom. The van der Waals surface area contributed by atoms with Crippen molar-refractivity contribution in [2.24, 2.45) is 17.8 Å². The Balaban J connectivity index is 1.14. The minimum absolute atomic E-state index is 0.203. The molecule has 2 aromatic carbocycles. The number of rotatable bonds is 6. The summed E-state index contributed by atoms with van der Waals surface area (Å²) >= 11 is 6.47. The molecule has 2 aliphatic carbocycles. The van der Waals surface area contributed by atoms with Crippen LogP contribution in [0, 0.1) is 17.8 Å². The first kappa shape index (κ1) is 20.8. The number of hydrogen-bond acceptors (Lipinski definition) is 4. The molecule has 0 radical (unpaired) electrons. The lowest BCUT2D eigenvalue weighted by Crippen LogP contribution is -2.33. The molecule has 3 N–H and O–H groups in total. The van der Waals surface area contributed by atoms with Crippen LogP contribution in [0.25, 0.3) is 11.0 Å². The Morgan fingerprint density at radius 1 is 1.12 bits per heavy atom. The summed E-state index contributed by atoms with van der Waals surface area (Å²) in [6.07, 6.45) is 7.34. The number of aromatic nitrogens is 2. The summed E-state index contributed by atoms with van der Waals surface area (Å²) in [5.74, 6) is 2.44. The number of anilines is 3. The molecule has 1 aliphatic heterocycles. The van der Waals surface area contributed by atoms with E-state index in [0.29, 0.717) is 23.4 Å². The lowest BCUT2D eigenvalue weighted by molar-refractivity contribution is -0.126. The molecular formula is C26H30ClN5O. The van der Waals surface area contributed by atoms with E-state index in [1.807, 2.05) is 18.2 Å². The van der Waals surface area contributed by atoms with Crippen molar-refractivity contribution in [2.45, 2.75) is 45.1 Å². The third-order valence-electron chi connectivity index (χ3n) is 7.76. The summed E-state index contributed by atoms with van der Waals surface area (Å²) in [7, 11) is 0. The van der Waals surface area contributed by atoms with E-state index in [4.69, 9.17) is 11.6 Å². The van der Waals surface area contributed by atoms with Gasteiger partial charge in [-0.05, 0) is 79.8 Å². The first-order valence-corrected chi connectivity index (χ1v) is 12.6. The maximum absolute atomic E-state index is 12.7. The van der Waals surface area contributed by atoms with Crippen molar-refractivity contribution >= 4 is 45.9 Å². The largest absolute Gasteiger partial charge is 0.371 e. The molecule has 1 saturated heterocycles. The van der Waals surface area contributed by atoms with Crippen LogP contribution >= 0.6 is 11.6 Å². The number of nitrogens with one attached hydrogen (secondary N) is 3. The van der Waals surface area contributed by atoms with Gasteiger partial charge in [0, 0.05) is 31.2 Å². The first-order chi connectivity index (χ1) is 16.1. The highest BCUT2D eigenvalue weighted by molar-refractivity contribution is 6.33. The van der Waals surface area contributed by atoms with Crippen LogP contribution in [0.2, 0.25) is 5.02 Å². The second-order valence-corrected chi connectivity index (χ2v) is 10.3. The van der Waals surface area contributed by atoms with E-state index >= 15 is 0 Å². The standard InChI is InChI=1S/C26H30ClN5O/c27-21-7-4-17(15-28-25(33)20-12-16-3-5-18(20)11-16)13-23(21)30-26-29-22-8-6-19(14-24(22)31-26)32-9-1-2-10-32/h4,6-8,13-14,16,18,20H,1-3,5,9-12,15H2,(H,28,33)(H2,29,30,31). The molecular weight excluding hydrogens is 434 g/mol. The summed E-state index contributed by atoms with van der Waals surface area (Å²) in [5, 5.41) is 7.11. The van der Waals surface area contributed by atoms with Crippen molar-refractivity contribution in [3.05, 3.63) is 47.0 Å². The number of carbonyl (C=O) groups is 1. The van der Waals surface area contributed by atoms with E-state index in [9.17, 15) is 4.79 Å². The number of nitrogens with zero attached hydrogens (tertiary/aromatic N) is 2. The zero-order chi connectivity index (χ0) is 22.4. The molecule has 3 unspecified atom stereocenters. The molecule has 3 fully saturated rings. The molecule has 6 nitrogen and oxygen atoms in total. The second kappa shape index (κ2) is 8.56. The summed E-state index contributed by atoms with van der Waals surface area (Å²) < 4.78 is 0. The van der Waals surface area contributed by atoms with E-state index in [1.165, 1.54) is 37.8 Å². The van der Waals surface area contributed by atoms with Crippen molar-refractivity contribution in [2.75, 3.05) is 23.3 Å². The van der Waals surface area contributed by atoms with Crippen molar-refractivity contribution in [1.29, 1.82) is 0 Å². The number of amides is 1. The van der Waals surface area contributed by atoms with Crippen molar-refractivity contribution in [1.82, 2.24) is 15.3 Å². The highest BCUT2D eigenvalue weighted by atomic mass is 35.5. The maximum atomic E-state index is 12.7. The van der Waals surface area contributed by atoms with Gasteiger partial charge in [-0.25, -0.2) is 4.98 Å². The fourth-order valence-corrected chi connectivity index (χ4v) is 6.19. The van der Waals surface area contributed by atoms with Crippen LogP contribution in [0.5, 0.6) is 0 Å². The molecule has 2 bridgehead atoms. The highest BCUT2D eigenvalue weighted by Crippen LogP contribution is 2.48. The molecule has 1 amide bonds. The normalized spacial score (nSPS) is 24.0. The Morgan fingerprint density at radius 2 is 2.00 bits per heavy atom. The van der Waals surface area contributed by atoms with Crippen LogP contribution in [0.1, 0.15) is 44.1 Å². The van der Waals surface area contributed by atoms with Crippen LogP contribution in [0.4, 0.5) is 17.3 Å². The molecule has 33 heavy (non-hydrogen) atoms. The SMILES string of the molecule is O=C(NCc1ccc(Cl)c(Nc2nc3ccc(N4CCCC4)cc3[nH]2)c1)C1CC2CCC1C2. The summed E-state index contributed by atoms with van der Waals surface area (Å²) in [4.78, 5) is 23.2. The van der Waals surface area contributed by atoms with Crippen LogP contribution < -0.4 is 15.5 Å². The fourth-order valence-electron chi connectivity index (χ4n) is 6.02. The highest BCUT2D eigenvalue weighted by Gasteiger charge is 2.42. The molecule has 2 heterocycles. The zero-order valence-electron chi connectivity index (χ0n) is 18.7. The molecule has 1 aromatic heterocycles. The zero-order valence-corrected chi connectivity index (χ0v) is 19.5. The van der Waals surface area contributed by atoms with Gasteiger partial charge in [0.2, 0.25) is 11.9 Å². The van der Waals surface area contributed by atoms with E-state index in [1.54, 1.807) is 0 Å². The fraction of sp³-hybridized carbons (Fsp3) is 0.462. The average molecular weight is 464 g/mol. The lowest BCUT2D eigenvalue weighted by atomic mass is 9.88. The number of aromatic amines is 1. The Bertz CT molecular complexity index is 1180. The summed E-state index contributed by atoms with van der Waals surface area (Å²) in [6.45, 7) is 2.75. The van der Waals surface area contributed by atoms with Crippen molar-refractivity contribution in [3.63, 3.8) is 0 Å². The van der Waals surface area contributed by atoms with Crippen molar-refractivity contribution < 1.29 is 4.79 Å². The Labute approximate surface area is 199 Å². The summed E-state index contributed by atoms with van der Waals surface area (Å²) in [5.41, 5.74) is 4.97. The first-order valence-electron chi connectivity index (χ1n) is 12.2. The molecule has 0 spiro atoms. The number of imidazole rings is 1. The predicted molar refractivity (Wildman–Crippen MR) is 133 cm³/mol. The minimum atomic E-state index is 0.203. The predicted octanol–water partition coefficient (Wildman–Crippen LogP) is 5.61. The van der Waals surface area contributed by atoms with Gasteiger partial charge in [0.05, 0.1) is 21.7 Å².